The fourth-order valence-electron chi connectivity index (χ4n) is 5.52. The van der Waals surface area contributed by atoms with Crippen LogP contribution in [0.5, 0.6) is 0 Å². The van der Waals surface area contributed by atoms with Crippen LogP contribution in [0.3, 0.4) is 0 Å². The lowest BCUT2D eigenvalue weighted by Gasteiger charge is -2.18. The average molecular weight is 568 g/mol. The van der Waals surface area contributed by atoms with Gasteiger partial charge in [-0.3, -0.25) is 0 Å². The van der Waals surface area contributed by atoms with Crippen molar-refractivity contribution in [2.75, 3.05) is 0 Å². The molecule has 0 saturated carbocycles. The molecule has 0 radical (unpaired) electrons. The molecule has 0 amide bonds. The fourth-order valence-corrected chi connectivity index (χ4v) is 5.52. The molecular formula is C42H26O. The largest absolute Gasteiger partial charge is 0.455 e. The van der Waals surface area contributed by atoms with Crippen LogP contribution in [-0.2, 0) is 0 Å². The SMILES string of the molecule is [2H]c1c([2H])c([2H])c(-c2c([2H])c([2H])c3c(c2[2H])c([2H])c([2H])c2c3oc3c([2H])c([2H])c([2H])c(-c4c5c([2H])c([2H])c([2H])c([2H])c5c(-c5ccccc5)c5c([2H])c([2H])c([2H])c([2H])c45)c32)c([2H])c1[2H]. The van der Waals surface area contributed by atoms with E-state index in [-0.39, 0.29) is 32.5 Å². The summed E-state index contributed by atoms with van der Waals surface area (Å²) in [6, 6.07) is -7.74. The molecule has 1 aromatic heterocycles. The summed E-state index contributed by atoms with van der Waals surface area (Å²) in [4.78, 5) is 0. The van der Waals surface area contributed by atoms with E-state index >= 15 is 0 Å². The highest BCUT2D eigenvalue weighted by Crippen LogP contribution is 2.47. The van der Waals surface area contributed by atoms with Crippen molar-refractivity contribution in [3.05, 3.63) is 157 Å². The number of hydrogen-bond acceptors (Lipinski definition) is 1. The number of fused-ring (bicyclic) bond motifs is 7. The number of rotatable bonds is 3. The lowest BCUT2D eigenvalue weighted by molar-refractivity contribution is 0.673. The molecule has 0 saturated heterocycles. The van der Waals surface area contributed by atoms with Gasteiger partial charge in [0.1, 0.15) is 11.2 Å². The molecule has 0 atom stereocenters. The van der Waals surface area contributed by atoms with Crippen molar-refractivity contribution in [2.24, 2.45) is 0 Å². The van der Waals surface area contributed by atoms with Crippen LogP contribution >= 0.6 is 0 Å². The first-order valence-electron chi connectivity index (χ1n) is 23.6. The van der Waals surface area contributed by atoms with Gasteiger partial charge in [0.05, 0.1) is 28.8 Å². The van der Waals surface area contributed by atoms with Crippen molar-refractivity contribution in [3.63, 3.8) is 0 Å². The molecule has 9 aromatic rings. The van der Waals surface area contributed by atoms with Crippen LogP contribution in [0, 0.1) is 0 Å². The highest BCUT2D eigenvalue weighted by Gasteiger charge is 2.20. The Bertz CT molecular complexity index is 3560. The third-order valence-corrected chi connectivity index (χ3v) is 7.31. The molecule has 0 unspecified atom stereocenters. The molecule has 0 aliphatic rings. The standard InChI is InChI=1S/C42H26O/c1-3-12-27(13-4-1)29-22-24-31-30(26-29)23-25-37-41-36(20-11-21-38(41)43-42(31)37)40-34-18-9-7-16-32(34)39(28-14-5-2-6-15-28)33-17-8-10-19-35(33)40/h1-26H/i1D,3D,4D,7D,8D,9D,10D,11D,12D,13D,16D,17D,18D,19D,20D,21D,22D,23D,24D,25D,26D. The normalized spacial score (nSPS) is 18.6. The van der Waals surface area contributed by atoms with Gasteiger partial charge >= 0.3 is 0 Å². The summed E-state index contributed by atoms with van der Waals surface area (Å²) in [5, 5.41) is -2.94. The van der Waals surface area contributed by atoms with Gasteiger partial charge in [0.2, 0.25) is 0 Å². The molecule has 43 heavy (non-hydrogen) atoms. The van der Waals surface area contributed by atoms with Crippen molar-refractivity contribution >= 4 is 54.3 Å². The van der Waals surface area contributed by atoms with Gasteiger partial charge in [0.25, 0.3) is 0 Å². The predicted molar refractivity (Wildman–Crippen MR) is 183 cm³/mol. The van der Waals surface area contributed by atoms with Gasteiger partial charge < -0.3 is 4.42 Å². The van der Waals surface area contributed by atoms with Gasteiger partial charge in [-0.25, -0.2) is 0 Å². The highest BCUT2D eigenvalue weighted by molar-refractivity contribution is 6.27. The van der Waals surface area contributed by atoms with Crippen molar-refractivity contribution in [3.8, 4) is 33.4 Å². The molecule has 9 rings (SSSR count). The van der Waals surface area contributed by atoms with Gasteiger partial charge in [-0.1, -0.05) is 133 Å². The van der Waals surface area contributed by atoms with E-state index in [0.717, 1.165) is 0 Å². The van der Waals surface area contributed by atoms with Crippen LogP contribution in [0.25, 0.3) is 87.6 Å². The van der Waals surface area contributed by atoms with E-state index in [2.05, 4.69) is 0 Å². The lowest BCUT2D eigenvalue weighted by atomic mass is 9.85. The van der Waals surface area contributed by atoms with E-state index in [9.17, 15) is 12.3 Å². The summed E-state index contributed by atoms with van der Waals surface area (Å²) in [5.41, 5.74) is -2.85. The maximum atomic E-state index is 9.47. The second-order valence-corrected chi connectivity index (χ2v) is 9.63. The van der Waals surface area contributed by atoms with E-state index in [0.29, 0.717) is 5.56 Å². The summed E-state index contributed by atoms with van der Waals surface area (Å²) in [6.07, 6.45) is 0. The zero-order chi connectivity index (χ0) is 46.6. The van der Waals surface area contributed by atoms with Crippen LogP contribution in [0.1, 0.15) is 28.8 Å². The summed E-state index contributed by atoms with van der Waals surface area (Å²) in [7, 11) is 0. The molecule has 0 N–H and O–H groups in total. The molecule has 0 aliphatic carbocycles. The van der Waals surface area contributed by atoms with Crippen LogP contribution in [0.2, 0.25) is 0 Å². The molecule has 1 heterocycles. The van der Waals surface area contributed by atoms with Crippen LogP contribution in [0.4, 0.5) is 0 Å². The first-order valence-corrected chi connectivity index (χ1v) is 13.1. The van der Waals surface area contributed by atoms with Crippen molar-refractivity contribution < 1.29 is 33.2 Å². The topological polar surface area (TPSA) is 13.1 Å². The molecule has 1 heteroatoms. The smallest absolute Gasteiger partial charge is 0.143 e. The Morgan fingerprint density at radius 1 is 0.442 bits per heavy atom. The van der Waals surface area contributed by atoms with Crippen molar-refractivity contribution in [2.45, 2.75) is 0 Å². The first kappa shape index (κ1) is 11.2. The Morgan fingerprint density at radius 2 is 1.09 bits per heavy atom. The van der Waals surface area contributed by atoms with E-state index in [1.165, 1.54) is 0 Å². The van der Waals surface area contributed by atoms with Gasteiger partial charge in [-0.15, -0.1) is 0 Å². The fraction of sp³-hybridized carbons (Fsp3) is 0. The highest BCUT2D eigenvalue weighted by atomic mass is 16.3. The van der Waals surface area contributed by atoms with Crippen LogP contribution in [-0.4, -0.2) is 0 Å². The average Bonchev–Trinajstić information content (AvgIpc) is 3.68. The van der Waals surface area contributed by atoms with Crippen LogP contribution in [0.15, 0.2) is 162 Å². The maximum absolute atomic E-state index is 9.47. The van der Waals surface area contributed by atoms with E-state index < -0.39 is 176 Å². The molecule has 0 bridgehead atoms. The second-order valence-electron chi connectivity index (χ2n) is 9.63. The Morgan fingerprint density at radius 3 is 1.81 bits per heavy atom. The second kappa shape index (κ2) is 9.44. The summed E-state index contributed by atoms with van der Waals surface area (Å²) >= 11 is 0. The monoisotopic (exact) mass is 567 g/mol. The predicted octanol–water partition coefficient (Wildman–Crippen LogP) is 12.0. The number of benzene rings is 8. The molecule has 0 spiro atoms. The summed E-state index contributed by atoms with van der Waals surface area (Å²) < 4.78 is 194. The molecule has 0 fully saturated rings. The Labute approximate surface area is 278 Å². The molecule has 200 valence electrons. The lowest BCUT2D eigenvalue weighted by Crippen LogP contribution is -1.91. The quantitative estimate of drug-likeness (QED) is 0.194. The summed E-state index contributed by atoms with van der Waals surface area (Å²) in [6.45, 7) is 0. The first-order chi connectivity index (χ1) is 30.1. The number of hydrogen-bond donors (Lipinski definition) is 0. The third kappa shape index (κ3) is 3.65. The van der Waals surface area contributed by atoms with Crippen molar-refractivity contribution in [1.82, 2.24) is 0 Å². The molecule has 8 aromatic carbocycles. The van der Waals surface area contributed by atoms with Crippen LogP contribution < -0.4 is 0 Å². The molecule has 1 nitrogen and oxygen atoms in total. The Kier molecular flexibility index (Phi) is 2.46. The van der Waals surface area contributed by atoms with Gasteiger partial charge in [-0.05, 0) is 84.5 Å². The molecule has 0 aliphatic heterocycles. The van der Waals surface area contributed by atoms with Gasteiger partial charge in [0, 0.05) is 16.2 Å². The zero-order valence-corrected chi connectivity index (χ0v) is 21.8. The summed E-state index contributed by atoms with van der Waals surface area (Å²) in [5.74, 6) is 0. The Hall–Kier alpha value is -5.66. The third-order valence-electron chi connectivity index (χ3n) is 7.31. The van der Waals surface area contributed by atoms with Gasteiger partial charge in [0.15, 0.2) is 0 Å². The minimum atomic E-state index is -0.830. The molecular weight excluding hydrogens is 520 g/mol. The van der Waals surface area contributed by atoms with Gasteiger partial charge in [-0.2, -0.15) is 0 Å². The van der Waals surface area contributed by atoms with E-state index in [1.807, 2.05) is 0 Å². The van der Waals surface area contributed by atoms with E-state index in [4.69, 9.17) is 20.9 Å². The zero-order valence-electron chi connectivity index (χ0n) is 42.8. The minimum absolute atomic E-state index is 0.00304. The Balaban J connectivity index is 1.59. The number of furan rings is 1. The minimum Gasteiger partial charge on any atom is -0.455 e. The van der Waals surface area contributed by atoms with Crippen molar-refractivity contribution in [1.29, 1.82) is 0 Å². The maximum Gasteiger partial charge on any atom is 0.143 e. The van der Waals surface area contributed by atoms with E-state index in [1.54, 1.807) is 30.3 Å².